The molecule has 0 radical (unpaired) electrons. The summed E-state index contributed by atoms with van der Waals surface area (Å²) in [5.41, 5.74) is 5.34. The maximum Gasteiger partial charge on any atom is 0.119 e. The van der Waals surface area contributed by atoms with E-state index in [0.29, 0.717) is 6.54 Å². The van der Waals surface area contributed by atoms with Crippen LogP contribution in [0.15, 0.2) is 41.3 Å². The molecule has 0 heterocycles. The summed E-state index contributed by atoms with van der Waals surface area (Å²) in [6, 6.07) is 8.04. The molecule has 0 spiro atoms. The fourth-order valence-corrected chi connectivity index (χ4v) is 1.80. The fourth-order valence-electron chi connectivity index (χ4n) is 1.000. The van der Waals surface area contributed by atoms with E-state index in [1.54, 1.807) is 18.9 Å². The Balaban J connectivity index is 2.46. The average Bonchev–Trinajstić information content (AvgIpc) is 2.25. The maximum atomic E-state index is 5.34. The van der Waals surface area contributed by atoms with Gasteiger partial charge >= 0.3 is 0 Å². The van der Waals surface area contributed by atoms with Crippen molar-refractivity contribution in [1.29, 1.82) is 0 Å². The first-order chi connectivity index (χ1) is 6.86. The Morgan fingerprint density at radius 1 is 1.43 bits per heavy atom. The molecule has 0 atom stereocenters. The van der Waals surface area contributed by atoms with Crippen molar-refractivity contribution in [3.05, 3.63) is 36.4 Å². The third-order valence-corrected chi connectivity index (χ3v) is 2.64. The Morgan fingerprint density at radius 2 is 2.29 bits per heavy atom. The third-order valence-electron chi connectivity index (χ3n) is 1.69. The molecule has 14 heavy (non-hydrogen) atoms. The highest BCUT2D eigenvalue weighted by Gasteiger charge is 1.94. The van der Waals surface area contributed by atoms with E-state index in [9.17, 15) is 0 Å². The van der Waals surface area contributed by atoms with Gasteiger partial charge < -0.3 is 10.5 Å². The minimum absolute atomic E-state index is 0.610. The van der Waals surface area contributed by atoms with Crippen LogP contribution in [0.2, 0.25) is 0 Å². The van der Waals surface area contributed by atoms with Crippen molar-refractivity contribution in [2.75, 3.05) is 19.4 Å². The van der Waals surface area contributed by atoms with Crippen LogP contribution in [0.5, 0.6) is 5.75 Å². The lowest BCUT2D eigenvalue weighted by atomic mass is 10.3. The van der Waals surface area contributed by atoms with Gasteiger partial charge in [-0.2, -0.15) is 0 Å². The molecule has 2 N–H and O–H groups in total. The normalized spacial score (nSPS) is 10.7. The summed E-state index contributed by atoms with van der Waals surface area (Å²) in [5, 5.41) is 0. The number of hydrogen-bond acceptors (Lipinski definition) is 3. The van der Waals surface area contributed by atoms with Crippen LogP contribution in [0, 0.1) is 0 Å². The number of benzene rings is 1. The minimum atomic E-state index is 0.610. The lowest BCUT2D eigenvalue weighted by Gasteiger charge is -2.02. The highest BCUT2D eigenvalue weighted by molar-refractivity contribution is 7.99. The molecule has 76 valence electrons. The predicted octanol–water partition coefficient (Wildman–Crippen LogP) is 2.30. The van der Waals surface area contributed by atoms with Crippen LogP contribution in [0.3, 0.4) is 0 Å². The first-order valence-electron chi connectivity index (χ1n) is 4.48. The Morgan fingerprint density at radius 3 is 3.00 bits per heavy atom. The van der Waals surface area contributed by atoms with E-state index in [1.807, 2.05) is 24.3 Å². The van der Waals surface area contributed by atoms with Gasteiger partial charge in [0.1, 0.15) is 5.75 Å². The molecule has 1 rings (SSSR count). The van der Waals surface area contributed by atoms with E-state index >= 15 is 0 Å². The van der Waals surface area contributed by atoms with Crippen LogP contribution in [0.1, 0.15) is 0 Å². The van der Waals surface area contributed by atoms with Crippen molar-refractivity contribution in [3.8, 4) is 5.75 Å². The van der Waals surface area contributed by atoms with Crippen molar-refractivity contribution in [3.63, 3.8) is 0 Å². The highest BCUT2D eigenvalue weighted by Crippen LogP contribution is 2.22. The number of ether oxygens (including phenoxy) is 1. The molecule has 1 aromatic rings. The molecule has 0 aliphatic heterocycles. The summed E-state index contributed by atoms with van der Waals surface area (Å²) in [6.07, 6.45) is 4.04. The van der Waals surface area contributed by atoms with E-state index in [0.717, 1.165) is 11.5 Å². The van der Waals surface area contributed by atoms with Gasteiger partial charge in [0.25, 0.3) is 0 Å². The molecule has 2 nitrogen and oxygen atoms in total. The van der Waals surface area contributed by atoms with E-state index in [1.165, 1.54) is 4.90 Å². The first-order valence-corrected chi connectivity index (χ1v) is 5.47. The number of rotatable bonds is 5. The molecule has 0 saturated carbocycles. The largest absolute Gasteiger partial charge is 0.497 e. The third kappa shape index (κ3) is 3.85. The number of methoxy groups -OCH3 is 1. The minimum Gasteiger partial charge on any atom is -0.497 e. The van der Waals surface area contributed by atoms with Gasteiger partial charge in [0.2, 0.25) is 0 Å². The zero-order valence-corrected chi connectivity index (χ0v) is 9.09. The van der Waals surface area contributed by atoms with Crippen LogP contribution in [0.25, 0.3) is 0 Å². The molecule has 0 bridgehead atoms. The molecule has 0 saturated heterocycles. The lowest BCUT2D eigenvalue weighted by Crippen LogP contribution is -1.92. The standard InChI is InChI=1S/C11H15NOS/c1-13-10-5-4-6-11(9-10)14-8-3-2-7-12/h2-6,9H,7-8,12H2,1H3. The fraction of sp³-hybridized carbons (Fsp3) is 0.273. The summed E-state index contributed by atoms with van der Waals surface area (Å²) < 4.78 is 5.13. The van der Waals surface area contributed by atoms with Crippen molar-refractivity contribution in [2.24, 2.45) is 5.73 Å². The second-order valence-corrected chi connectivity index (χ2v) is 3.79. The Hall–Kier alpha value is -0.930. The Kier molecular flexibility index (Phi) is 5.19. The summed E-state index contributed by atoms with van der Waals surface area (Å²) in [5.74, 6) is 1.85. The topological polar surface area (TPSA) is 35.2 Å². The van der Waals surface area contributed by atoms with Crippen molar-refractivity contribution >= 4 is 11.8 Å². The number of thioether (sulfide) groups is 1. The highest BCUT2D eigenvalue weighted by atomic mass is 32.2. The molecule has 0 aromatic heterocycles. The van der Waals surface area contributed by atoms with Gasteiger partial charge in [-0.1, -0.05) is 18.2 Å². The molecular weight excluding hydrogens is 194 g/mol. The zero-order chi connectivity index (χ0) is 10.2. The molecule has 1 aromatic carbocycles. The maximum absolute atomic E-state index is 5.34. The van der Waals surface area contributed by atoms with Crippen molar-refractivity contribution in [2.45, 2.75) is 4.90 Å². The summed E-state index contributed by atoms with van der Waals surface area (Å²) in [4.78, 5) is 1.21. The van der Waals surface area contributed by atoms with Crippen LogP contribution in [0.4, 0.5) is 0 Å². The summed E-state index contributed by atoms with van der Waals surface area (Å²) in [6.45, 7) is 0.610. The van der Waals surface area contributed by atoms with Gasteiger partial charge in [-0.05, 0) is 18.2 Å². The first kappa shape index (κ1) is 11.1. The van der Waals surface area contributed by atoms with Crippen molar-refractivity contribution in [1.82, 2.24) is 0 Å². The second-order valence-electron chi connectivity index (χ2n) is 2.70. The van der Waals surface area contributed by atoms with Crippen molar-refractivity contribution < 1.29 is 4.74 Å². The second kappa shape index (κ2) is 6.51. The molecule has 3 heteroatoms. The zero-order valence-electron chi connectivity index (χ0n) is 8.27. The number of hydrogen-bond donors (Lipinski definition) is 1. The lowest BCUT2D eigenvalue weighted by molar-refractivity contribution is 0.413. The number of nitrogens with two attached hydrogens (primary N) is 1. The molecule has 0 aliphatic carbocycles. The van der Waals surface area contributed by atoms with E-state index in [2.05, 4.69) is 12.1 Å². The molecule has 0 unspecified atom stereocenters. The predicted molar refractivity (Wildman–Crippen MR) is 61.9 cm³/mol. The summed E-state index contributed by atoms with van der Waals surface area (Å²) >= 11 is 1.77. The quantitative estimate of drug-likeness (QED) is 0.597. The molecule has 0 fully saturated rings. The van der Waals surface area contributed by atoms with Gasteiger partial charge in [-0.15, -0.1) is 11.8 Å². The van der Waals surface area contributed by atoms with Gasteiger partial charge in [0.05, 0.1) is 7.11 Å². The van der Waals surface area contributed by atoms with Gasteiger partial charge in [-0.25, -0.2) is 0 Å². The van der Waals surface area contributed by atoms with E-state index in [4.69, 9.17) is 10.5 Å². The molecular formula is C11H15NOS. The van der Waals surface area contributed by atoms with E-state index in [-0.39, 0.29) is 0 Å². The van der Waals surface area contributed by atoms with Crippen LogP contribution in [-0.2, 0) is 0 Å². The SMILES string of the molecule is COc1cccc(SCC=CCN)c1. The van der Waals surface area contributed by atoms with Gasteiger partial charge in [-0.3, -0.25) is 0 Å². The van der Waals surface area contributed by atoms with Crippen LogP contribution in [-0.4, -0.2) is 19.4 Å². The van der Waals surface area contributed by atoms with Crippen LogP contribution >= 0.6 is 11.8 Å². The smallest absolute Gasteiger partial charge is 0.119 e. The van der Waals surface area contributed by atoms with Crippen LogP contribution < -0.4 is 10.5 Å². The summed E-state index contributed by atoms with van der Waals surface area (Å²) in [7, 11) is 1.68. The van der Waals surface area contributed by atoms with Gasteiger partial charge in [0.15, 0.2) is 0 Å². The monoisotopic (exact) mass is 209 g/mol. The molecule has 0 aliphatic rings. The molecule has 0 amide bonds. The Bertz CT molecular complexity index is 299. The van der Waals surface area contributed by atoms with Gasteiger partial charge in [0, 0.05) is 17.2 Å². The van der Waals surface area contributed by atoms with E-state index < -0.39 is 0 Å². The average molecular weight is 209 g/mol. The Labute approximate surface area is 89.1 Å².